The van der Waals surface area contributed by atoms with E-state index in [4.69, 9.17) is 0 Å². The minimum atomic E-state index is -0.223. The largest absolute Gasteiger partial charge is 0.331 e. The average molecular weight is 204 g/mol. The average Bonchev–Trinajstić information content (AvgIpc) is 2.17. The van der Waals surface area contributed by atoms with Crippen LogP contribution >= 0.6 is 0 Å². The summed E-state index contributed by atoms with van der Waals surface area (Å²) in [5.41, 5.74) is 1.71. The fourth-order valence-electron chi connectivity index (χ4n) is 1.25. The van der Waals surface area contributed by atoms with Gasteiger partial charge in [-0.15, -0.1) is 0 Å². The predicted octanol–water partition coefficient (Wildman–Crippen LogP) is 2.58. The third-order valence-corrected chi connectivity index (χ3v) is 1.97. The van der Waals surface area contributed by atoms with E-state index in [9.17, 15) is 4.79 Å². The molecule has 2 amide bonds. The van der Waals surface area contributed by atoms with Gasteiger partial charge in [0.25, 0.3) is 0 Å². The van der Waals surface area contributed by atoms with E-state index in [-0.39, 0.29) is 12.1 Å². The maximum absolute atomic E-state index is 11.4. The first-order chi connectivity index (χ1) is 7.09. The molecule has 0 saturated heterocycles. The molecule has 0 aromatic heterocycles. The van der Waals surface area contributed by atoms with Gasteiger partial charge in [0.05, 0.1) is 6.04 Å². The molecule has 0 aliphatic carbocycles. The van der Waals surface area contributed by atoms with Gasteiger partial charge in [-0.05, 0) is 19.4 Å². The Hall–Kier alpha value is -1.77. The quantitative estimate of drug-likeness (QED) is 0.780. The van der Waals surface area contributed by atoms with E-state index in [0.29, 0.717) is 5.70 Å². The maximum Gasteiger partial charge on any atom is 0.319 e. The van der Waals surface area contributed by atoms with Crippen molar-refractivity contribution < 1.29 is 4.79 Å². The summed E-state index contributed by atoms with van der Waals surface area (Å²) in [7, 11) is 0. The van der Waals surface area contributed by atoms with Crippen molar-refractivity contribution in [2.45, 2.75) is 19.9 Å². The SMILES string of the molecule is C=C(C)NC(=O)NC(C)c1ccccc1. The normalized spacial score (nSPS) is 11.6. The highest BCUT2D eigenvalue weighted by molar-refractivity contribution is 5.76. The van der Waals surface area contributed by atoms with Gasteiger partial charge in [0, 0.05) is 5.70 Å². The number of amides is 2. The van der Waals surface area contributed by atoms with Gasteiger partial charge in [0.15, 0.2) is 0 Å². The molecule has 3 heteroatoms. The Morgan fingerprint density at radius 1 is 1.33 bits per heavy atom. The van der Waals surface area contributed by atoms with Crippen molar-refractivity contribution in [2.24, 2.45) is 0 Å². The summed E-state index contributed by atoms with van der Waals surface area (Å²) in [4.78, 5) is 11.4. The Morgan fingerprint density at radius 2 is 1.93 bits per heavy atom. The molecule has 15 heavy (non-hydrogen) atoms. The van der Waals surface area contributed by atoms with Crippen molar-refractivity contribution in [3.8, 4) is 0 Å². The van der Waals surface area contributed by atoms with Crippen molar-refractivity contribution in [3.05, 3.63) is 48.2 Å². The Balaban J connectivity index is 2.53. The van der Waals surface area contributed by atoms with Crippen LogP contribution in [0.5, 0.6) is 0 Å². The summed E-state index contributed by atoms with van der Waals surface area (Å²) in [6.45, 7) is 7.28. The van der Waals surface area contributed by atoms with Crippen LogP contribution in [0.3, 0.4) is 0 Å². The molecular formula is C12H16N2O. The lowest BCUT2D eigenvalue weighted by molar-refractivity contribution is 0.240. The highest BCUT2D eigenvalue weighted by atomic mass is 16.2. The van der Waals surface area contributed by atoms with E-state index in [1.165, 1.54) is 0 Å². The van der Waals surface area contributed by atoms with Crippen LogP contribution in [0.25, 0.3) is 0 Å². The highest BCUT2D eigenvalue weighted by Gasteiger charge is 2.07. The van der Waals surface area contributed by atoms with Gasteiger partial charge in [-0.2, -0.15) is 0 Å². The second-order valence-corrected chi connectivity index (χ2v) is 3.51. The summed E-state index contributed by atoms with van der Waals surface area (Å²) < 4.78 is 0. The van der Waals surface area contributed by atoms with Crippen LogP contribution in [0, 0.1) is 0 Å². The molecule has 0 radical (unpaired) electrons. The molecule has 1 unspecified atom stereocenters. The molecule has 0 bridgehead atoms. The van der Waals surface area contributed by atoms with E-state index in [0.717, 1.165) is 5.56 Å². The lowest BCUT2D eigenvalue weighted by atomic mass is 10.1. The Bertz CT molecular complexity index is 346. The monoisotopic (exact) mass is 204 g/mol. The van der Waals surface area contributed by atoms with Crippen LogP contribution in [-0.4, -0.2) is 6.03 Å². The molecule has 2 N–H and O–H groups in total. The lowest BCUT2D eigenvalue weighted by Crippen LogP contribution is -2.35. The molecule has 3 nitrogen and oxygen atoms in total. The van der Waals surface area contributed by atoms with Crippen LogP contribution in [0.4, 0.5) is 4.79 Å². The molecule has 1 aromatic rings. The van der Waals surface area contributed by atoms with E-state index in [2.05, 4.69) is 17.2 Å². The third-order valence-electron chi connectivity index (χ3n) is 1.97. The van der Waals surface area contributed by atoms with Crippen molar-refractivity contribution in [2.75, 3.05) is 0 Å². The van der Waals surface area contributed by atoms with E-state index < -0.39 is 0 Å². The van der Waals surface area contributed by atoms with E-state index in [1.807, 2.05) is 37.3 Å². The van der Waals surface area contributed by atoms with Crippen LogP contribution in [0.15, 0.2) is 42.6 Å². The maximum atomic E-state index is 11.4. The van der Waals surface area contributed by atoms with Crippen molar-refractivity contribution >= 4 is 6.03 Å². The smallest absolute Gasteiger partial charge is 0.319 e. The molecule has 0 spiro atoms. The van der Waals surface area contributed by atoms with Crippen LogP contribution in [0.2, 0.25) is 0 Å². The standard InChI is InChI=1S/C12H16N2O/c1-9(2)13-12(15)14-10(3)11-7-5-4-6-8-11/h4-8,10H,1H2,2-3H3,(H2,13,14,15). The molecule has 0 aliphatic rings. The summed E-state index contributed by atoms with van der Waals surface area (Å²) >= 11 is 0. The fraction of sp³-hybridized carbons (Fsp3) is 0.250. The zero-order chi connectivity index (χ0) is 11.3. The Labute approximate surface area is 90.2 Å². The zero-order valence-electron chi connectivity index (χ0n) is 9.08. The van der Waals surface area contributed by atoms with Crippen molar-refractivity contribution in [1.29, 1.82) is 0 Å². The molecule has 0 aliphatic heterocycles. The summed E-state index contributed by atoms with van der Waals surface area (Å²) in [6.07, 6.45) is 0. The van der Waals surface area contributed by atoms with Gasteiger partial charge in [-0.1, -0.05) is 36.9 Å². The first-order valence-electron chi connectivity index (χ1n) is 4.87. The molecule has 1 rings (SSSR count). The Kier molecular flexibility index (Phi) is 3.92. The lowest BCUT2D eigenvalue weighted by Gasteiger charge is -2.14. The molecule has 0 fully saturated rings. The number of urea groups is 1. The third kappa shape index (κ3) is 3.85. The number of hydrogen-bond acceptors (Lipinski definition) is 1. The summed E-state index contributed by atoms with van der Waals surface area (Å²) in [5.74, 6) is 0. The molecule has 0 saturated carbocycles. The van der Waals surface area contributed by atoms with Crippen molar-refractivity contribution in [1.82, 2.24) is 10.6 Å². The second-order valence-electron chi connectivity index (χ2n) is 3.51. The number of rotatable bonds is 3. The first kappa shape index (κ1) is 11.3. The van der Waals surface area contributed by atoms with Crippen molar-refractivity contribution in [3.63, 3.8) is 0 Å². The van der Waals surface area contributed by atoms with Gasteiger partial charge in [0.2, 0.25) is 0 Å². The molecule has 1 aromatic carbocycles. The highest BCUT2D eigenvalue weighted by Crippen LogP contribution is 2.10. The van der Waals surface area contributed by atoms with Crippen LogP contribution in [0.1, 0.15) is 25.5 Å². The van der Waals surface area contributed by atoms with Gasteiger partial charge in [0.1, 0.15) is 0 Å². The number of nitrogens with one attached hydrogen (secondary N) is 2. The van der Waals surface area contributed by atoms with Crippen LogP contribution in [-0.2, 0) is 0 Å². The Morgan fingerprint density at radius 3 is 2.47 bits per heavy atom. The molecule has 0 heterocycles. The number of benzene rings is 1. The zero-order valence-corrected chi connectivity index (χ0v) is 9.08. The summed E-state index contributed by atoms with van der Waals surface area (Å²) in [6, 6.07) is 9.57. The van der Waals surface area contributed by atoms with Gasteiger partial charge >= 0.3 is 6.03 Å². The van der Waals surface area contributed by atoms with Crippen LogP contribution < -0.4 is 10.6 Å². The summed E-state index contributed by atoms with van der Waals surface area (Å²) in [5, 5.41) is 5.42. The number of carbonyl (C=O) groups excluding carboxylic acids is 1. The minimum absolute atomic E-state index is 0.00875. The van der Waals surface area contributed by atoms with Gasteiger partial charge in [-0.25, -0.2) is 4.79 Å². The minimum Gasteiger partial charge on any atom is -0.331 e. The number of hydrogen-bond donors (Lipinski definition) is 2. The molecular weight excluding hydrogens is 188 g/mol. The topological polar surface area (TPSA) is 41.1 Å². The van der Waals surface area contributed by atoms with Gasteiger partial charge < -0.3 is 10.6 Å². The molecule has 80 valence electrons. The fourth-order valence-corrected chi connectivity index (χ4v) is 1.25. The number of allylic oxidation sites excluding steroid dienone is 1. The first-order valence-corrected chi connectivity index (χ1v) is 4.87. The number of carbonyl (C=O) groups is 1. The van der Waals surface area contributed by atoms with E-state index in [1.54, 1.807) is 6.92 Å². The predicted molar refractivity (Wildman–Crippen MR) is 61.3 cm³/mol. The van der Waals surface area contributed by atoms with Gasteiger partial charge in [-0.3, -0.25) is 0 Å². The van der Waals surface area contributed by atoms with E-state index >= 15 is 0 Å². The second kappa shape index (κ2) is 5.20. The molecule has 1 atom stereocenters.